The van der Waals surface area contributed by atoms with Gasteiger partial charge in [0, 0.05) is 25.4 Å². The predicted octanol–water partition coefficient (Wildman–Crippen LogP) is 0.271. The summed E-state index contributed by atoms with van der Waals surface area (Å²) in [5.41, 5.74) is 0. The molecule has 0 amide bonds. The molecule has 3 nitrogen and oxygen atoms in total. The Kier molecular flexibility index (Phi) is 4.57. The molecule has 0 bridgehead atoms. The number of nitrogens with one attached hydrogen (secondary N) is 1. The molecule has 0 aromatic carbocycles. The summed E-state index contributed by atoms with van der Waals surface area (Å²) in [6, 6.07) is 0. The molecule has 0 radical (unpaired) electrons. The third kappa shape index (κ3) is 3.42. The molecular weight excluding hydrogens is 196 g/mol. The molecule has 0 unspecified atom stereocenters. The zero-order valence-electron chi connectivity index (χ0n) is 8.71. The smallest absolute Gasteiger partial charge is 0.0594 e. The highest BCUT2D eigenvalue weighted by molar-refractivity contribution is 7.99. The minimum absolute atomic E-state index is 0.928. The average molecular weight is 216 g/mol. The Morgan fingerprint density at radius 3 is 2.71 bits per heavy atom. The van der Waals surface area contributed by atoms with Crippen LogP contribution in [0.15, 0.2) is 0 Å². The highest BCUT2D eigenvalue weighted by atomic mass is 32.2. The van der Waals surface area contributed by atoms with Gasteiger partial charge in [0.2, 0.25) is 0 Å². The van der Waals surface area contributed by atoms with Crippen molar-refractivity contribution in [3.05, 3.63) is 0 Å². The first-order chi connectivity index (χ1) is 6.95. The van der Waals surface area contributed by atoms with Crippen molar-refractivity contribution < 1.29 is 4.74 Å². The zero-order valence-corrected chi connectivity index (χ0v) is 9.52. The molecule has 2 aliphatic rings. The molecule has 2 aliphatic heterocycles. The van der Waals surface area contributed by atoms with E-state index in [9.17, 15) is 0 Å². The van der Waals surface area contributed by atoms with Crippen LogP contribution >= 0.6 is 11.8 Å². The maximum Gasteiger partial charge on any atom is 0.0594 e. The van der Waals surface area contributed by atoms with Gasteiger partial charge in [0.15, 0.2) is 0 Å². The summed E-state index contributed by atoms with van der Waals surface area (Å²) >= 11 is 2.11. The molecule has 2 rings (SSSR count). The van der Waals surface area contributed by atoms with Crippen molar-refractivity contribution in [3.8, 4) is 0 Å². The molecular formula is C10H20N2OS. The molecule has 2 fully saturated rings. The number of nitrogens with zero attached hydrogens (tertiary/aromatic N) is 1. The van der Waals surface area contributed by atoms with E-state index < -0.39 is 0 Å². The van der Waals surface area contributed by atoms with Crippen LogP contribution < -0.4 is 5.32 Å². The lowest BCUT2D eigenvalue weighted by atomic mass is 10.1. The van der Waals surface area contributed by atoms with E-state index in [0.717, 1.165) is 32.2 Å². The van der Waals surface area contributed by atoms with Gasteiger partial charge in [0.25, 0.3) is 0 Å². The molecule has 0 aromatic heterocycles. The molecule has 0 aliphatic carbocycles. The Balaban J connectivity index is 1.45. The van der Waals surface area contributed by atoms with Crippen molar-refractivity contribution in [3.63, 3.8) is 0 Å². The molecule has 4 heteroatoms. The second-order valence-electron chi connectivity index (χ2n) is 4.05. The first kappa shape index (κ1) is 10.7. The van der Waals surface area contributed by atoms with Crippen LogP contribution in [0.2, 0.25) is 0 Å². The standard InChI is InChI=1S/C10H20N2OS/c1-4-13-5-2-12(1)3-6-14-9-10-7-11-8-10/h10-11H,1-9H2. The zero-order chi connectivity index (χ0) is 9.64. The first-order valence-corrected chi connectivity index (χ1v) is 6.69. The summed E-state index contributed by atoms with van der Waals surface area (Å²) in [5, 5.41) is 3.31. The van der Waals surface area contributed by atoms with Gasteiger partial charge in [0.05, 0.1) is 13.2 Å². The van der Waals surface area contributed by atoms with Crippen molar-refractivity contribution in [1.82, 2.24) is 10.2 Å². The lowest BCUT2D eigenvalue weighted by Crippen LogP contribution is -2.43. The summed E-state index contributed by atoms with van der Waals surface area (Å²) in [4.78, 5) is 2.51. The van der Waals surface area contributed by atoms with E-state index in [-0.39, 0.29) is 0 Å². The number of ether oxygens (including phenoxy) is 1. The van der Waals surface area contributed by atoms with Crippen LogP contribution in [0.3, 0.4) is 0 Å². The molecule has 82 valence electrons. The van der Waals surface area contributed by atoms with Crippen LogP contribution in [-0.2, 0) is 4.74 Å². The van der Waals surface area contributed by atoms with E-state index >= 15 is 0 Å². The van der Waals surface area contributed by atoms with Crippen LogP contribution in [0.25, 0.3) is 0 Å². The third-order valence-corrected chi connectivity index (χ3v) is 4.05. The lowest BCUT2D eigenvalue weighted by molar-refractivity contribution is 0.0410. The SMILES string of the molecule is C1CN(CCSCC2CNC2)CCO1. The van der Waals surface area contributed by atoms with Crippen LogP contribution in [0.4, 0.5) is 0 Å². The van der Waals surface area contributed by atoms with Gasteiger partial charge < -0.3 is 10.1 Å². The second kappa shape index (κ2) is 5.95. The monoisotopic (exact) mass is 216 g/mol. The molecule has 0 atom stereocenters. The van der Waals surface area contributed by atoms with Crippen LogP contribution in [0.1, 0.15) is 0 Å². The van der Waals surface area contributed by atoms with Crippen molar-refractivity contribution >= 4 is 11.8 Å². The first-order valence-electron chi connectivity index (χ1n) is 5.54. The van der Waals surface area contributed by atoms with Gasteiger partial charge in [-0.2, -0.15) is 11.8 Å². The van der Waals surface area contributed by atoms with E-state index in [2.05, 4.69) is 22.0 Å². The topological polar surface area (TPSA) is 24.5 Å². The van der Waals surface area contributed by atoms with Gasteiger partial charge in [-0.3, -0.25) is 4.90 Å². The van der Waals surface area contributed by atoms with Crippen molar-refractivity contribution in [2.75, 3.05) is 57.4 Å². The Labute approximate surface area is 90.6 Å². The summed E-state index contributed by atoms with van der Waals surface area (Å²) < 4.78 is 5.31. The molecule has 0 aromatic rings. The summed E-state index contributed by atoms with van der Waals surface area (Å²) in [5.74, 6) is 3.58. The summed E-state index contributed by atoms with van der Waals surface area (Å²) in [6.07, 6.45) is 0. The normalized spacial score (nSPS) is 24.9. The van der Waals surface area contributed by atoms with Crippen molar-refractivity contribution in [2.45, 2.75) is 0 Å². The molecule has 0 spiro atoms. The van der Waals surface area contributed by atoms with Gasteiger partial charge in [0.1, 0.15) is 0 Å². The molecule has 2 heterocycles. The second-order valence-corrected chi connectivity index (χ2v) is 5.20. The molecule has 2 saturated heterocycles. The van der Waals surface area contributed by atoms with E-state index in [4.69, 9.17) is 4.74 Å². The summed E-state index contributed by atoms with van der Waals surface area (Å²) in [7, 11) is 0. The van der Waals surface area contributed by atoms with E-state index in [0.29, 0.717) is 0 Å². The fourth-order valence-electron chi connectivity index (χ4n) is 1.73. The van der Waals surface area contributed by atoms with Gasteiger partial charge in [-0.1, -0.05) is 0 Å². The van der Waals surface area contributed by atoms with Gasteiger partial charge in [-0.05, 0) is 24.8 Å². The lowest BCUT2D eigenvalue weighted by Gasteiger charge is -2.28. The van der Waals surface area contributed by atoms with E-state index in [1.165, 1.54) is 31.1 Å². The van der Waals surface area contributed by atoms with Crippen molar-refractivity contribution in [2.24, 2.45) is 5.92 Å². The largest absolute Gasteiger partial charge is 0.379 e. The van der Waals surface area contributed by atoms with Crippen LogP contribution in [0, 0.1) is 5.92 Å². The van der Waals surface area contributed by atoms with Crippen LogP contribution in [0.5, 0.6) is 0 Å². The molecule has 1 N–H and O–H groups in total. The Morgan fingerprint density at radius 2 is 2.07 bits per heavy atom. The predicted molar refractivity (Wildman–Crippen MR) is 60.9 cm³/mol. The fourth-order valence-corrected chi connectivity index (χ4v) is 2.86. The quantitative estimate of drug-likeness (QED) is 0.667. The summed E-state index contributed by atoms with van der Waals surface area (Å²) in [6.45, 7) is 7.84. The molecule has 14 heavy (non-hydrogen) atoms. The van der Waals surface area contributed by atoms with Crippen molar-refractivity contribution in [1.29, 1.82) is 0 Å². The van der Waals surface area contributed by atoms with Gasteiger partial charge in [-0.15, -0.1) is 0 Å². The minimum Gasteiger partial charge on any atom is -0.379 e. The maximum atomic E-state index is 5.31. The Bertz CT molecular complexity index is 158. The van der Waals surface area contributed by atoms with E-state index in [1.807, 2.05) is 0 Å². The third-order valence-electron chi connectivity index (χ3n) is 2.88. The highest BCUT2D eigenvalue weighted by Crippen LogP contribution is 2.12. The number of hydrogen-bond donors (Lipinski definition) is 1. The average Bonchev–Trinajstić information content (AvgIpc) is 2.16. The molecule has 0 saturated carbocycles. The Morgan fingerprint density at radius 1 is 1.29 bits per heavy atom. The minimum atomic E-state index is 0.928. The van der Waals surface area contributed by atoms with Gasteiger partial charge >= 0.3 is 0 Å². The fraction of sp³-hybridized carbons (Fsp3) is 1.00. The van der Waals surface area contributed by atoms with Crippen LogP contribution in [-0.4, -0.2) is 62.3 Å². The highest BCUT2D eigenvalue weighted by Gasteiger charge is 2.16. The van der Waals surface area contributed by atoms with E-state index in [1.54, 1.807) is 0 Å². The Hall–Kier alpha value is 0.230. The number of rotatable bonds is 5. The number of hydrogen-bond acceptors (Lipinski definition) is 4. The maximum absolute atomic E-state index is 5.31. The number of morpholine rings is 1. The van der Waals surface area contributed by atoms with Gasteiger partial charge in [-0.25, -0.2) is 0 Å². The number of thioether (sulfide) groups is 1.